The van der Waals surface area contributed by atoms with Gasteiger partial charge in [-0.3, -0.25) is 15.0 Å². The van der Waals surface area contributed by atoms with Crippen LogP contribution in [0.3, 0.4) is 0 Å². The van der Waals surface area contributed by atoms with Crippen LogP contribution in [0.4, 0.5) is 5.69 Å². The van der Waals surface area contributed by atoms with Crippen molar-refractivity contribution in [3.63, 3.8) is 0 Å². The first kappa shape index (κ1) is 31.8. The molecule has 0 aliphatic carbocycles. The van der Waals surface area contributed by atoms with Crippen LogP contribution in [0.25, 0.3) is 11.1 Å². The van der Waals surface area contributed by atoms with Crippen LogP contribution >= 0.6 is 0 Å². The molecule has 0 saturated carbocycles. The van der Waals surface area contributed by atoms with Gasteiger partial charge in [-0.15, -0.1) is 0 Å². The number of carboxylic acid groups (broad SMARTS) is 1. The summed E-state index contributed by atoms with van der Waals surface area (Å²) in [6, 6.07) is 13.6. The number of carbonyl (C=O) groups excluding carboxylic acids is 2. The zero-order chi connectivity index (χ0) is 30.9. The smallest absolute Gasteiger partial charge is 0.336 e. The van der Waals surface area contributed by atoms with Crippen molar-refractivity contribution in [3.8, 4) is 17.0 Å². The van der Waals surface area contributed by atoms with Gasteiger partial charge in [0.1, 0.15) is 11.5 Å². The van der Waals surface area contributed by atoms with Gasteiger partial charge in [0.25, 0.3) is 11.8 Å². The number of rotatable bonds is 14. The van der Waals surface area contributed by atoms with Crippen LogP contribution in [-0.4, -0.2) is 59.1 Å². The minimum Gasteiger partial charge on any atom is -0.481 e. The van der Waals surface area contributed by atoms with Gasteiger partial charge in [-0.05, 0) is 60.9 Å². The first-order chi connectivity index (χ1) is 20.1. The molecule has 11 heteroatoms. The fraction of sp³-hybridized carbons (Fsp3) is 0.323. The predicted molar refractivity (Wildman–Crippen MR) is 160 cm³/mol. The summed E-state index contributed by atoms with van der Waals surface area (Å²) in [4.78, 5) is 43.0. The van der Waals surface area contributed by atoms with E-state index in [1.165, 1.54) is 37.4 Å². The Hall–Kier alpha value is -4.77. The van der Waals surface area contributed by atoms with E-state index in [0.717, 1.165) is 25.7 Å². The summed E-state index contributed by atoms with van der Waals surface area (Å²) in [5, 5.41) is 33.2. The van der Waals surface area contributed by atoms with E-state index in [1.54, 1.807) is 24.3 Å². The third-order valence-electron chi connectivity index (χ3n) is 7.07. The van der Waals surface area contributed by atoms with Crippen LogP contribution in [0.1, 0.15) is 76.3 Å². The monoisotopic (exact) mass is 575 g/mol. The van der Waals surface area contributed by atoms with Gasteiger partial charge < -0.3 is 31.3 Å². The Morgan fingerprint density at radius 2 is 1.57 bits per heavy atom. The SMILES string of the molecule is CCCC(CO)(CCC)CNC(=O)c1ccc(-c2ccc(OC)nc2C(=O)Nc2ccc(C(=N)N)cc2)c(C(=O)O)c1. The number of benzene rings is 2. The predicted octanol–water partition coefficient (Wildman–Crippen LogP) is 4.30. The van der Waals surface area contributed by atoms with Crippen LogP contribution < -0.4 is 21.1 Å². The summed E-state index contributed by atoms with van der Waals surface area (Å²) in [7, 11) is 1.40. The van der Waals surface area contributed by atoms with Gasteiger partial charge in [-0.2, -0.15) is 0 Å². The Morgan fingerprint density at radius 1 is 0.952 bits per heavy atom. The maximum Gasteiger partial charge on any atom is 0.336 e. The fourth-order valence-corrected chi connectivity index (χ4v) is 4.91. The van der Waals surface area contributed by atoms with E-state index in [0.29, 0.717) is 11.3 Å². The molecule has 0 saturated heterocycles. The molecule has 0 aliphatic rings. The summed E-state index contributed by atoms with van der Waals surface area (Å²) in [5.74, 6) is -2.34. The zero-order valence-electron chi connectivity index (χ0n) is 24.0. The molecular weight excluding hydrogens is 538 g/mol. The average molecular weight is 576 g/mol. The molecule has 2 aromatic carbocycles. The number of aromatic carboxylic acids is 1. The van der Waals surface area contributed by atoms with E-state index in [4.69, 9.17) is 15.9 Å². The number of aromatic nitrogens is 1. The van der Waals surface area contributed by atoms with E-state index >= 15 is 0 Å². The Bertz CT molecular complexity index is 1450. The molecule has 0 aliphatic heterocycles. The number of nitrogens with one attached hydrogen (secondary N) is 3. The number of pyridine rings is 1. The van der Waals surface area contributed by atoms with Crippen molar-refractivity contribution in [2.75, 3.05) is 25.6 Å². The van der Waals surface area contributed by atoms with Crippen LogP contribution in [0.5, 0.6) is 5.88 Å². The number of hydrogen-bond donors (Lipinski definition) is 6. The van der Waals surface area contributed by atoms with Crippen molar-refractivity contribution >= 4 is 29.3 Å². The molecule has 1 aromatic heterocycles. The highest BCUT2D eigenvalue weighted by Crippen LogP contribution is 2.31. The van der Waals surface area contributed by atoms with Crippen molar-refractivity contribution < 1.29 is 29.3 Å². The van der Waals surface area contributed by atoms with Crippen molar-refractivity contribution in [1.82, 2.24) is 10.3 Å². The van der Waals surface area contributed by atoms with E-state index in [9.17, 15) is 24.6 Å². The fourth-order valence-electron chi connectivity index (χ4n) is 4.91. The topological polar surface area (TPSA) is 188 Å². The van der Waals surface area contributed by atoms with Crippen molar-refractivity contribution in [2.24, 2.45) is 11.1 Å². The Kier molecular flexibility index (Phi) is 10.8. The molecule has 0 unspecified atom stereocenters. The number of aliphatic hydroxyl groups is 1. The van der Waals surface area contributed by atoms with E-state index in [1.807, 2.05) is 13.8 Å². The molecule has 3 rings (SSSR count). The quantitative estimate of drug-likeness (QED) is 0.121. The molecule has 7 N–H and O–H groups in total. The van der Waals surface area contributed by atoms with Gasteiger partial charge in [-0.1, -0.05) is 32.8 Å². The van der Waals surface area contributed by atoms with Gasteiger partial charge >= 0.3 is 5.97 Å². The van der Waals surface area contributed by atoms with Crippen LogP contribution in [0.2, 0.25) is 0 Å². The highest BCUT2D eigenvalue weighted by atomic mass is 16.5. The Labute approximate surface area is 244 Å². The lowest BCUT2D eigenvalue weighted by molar-refractivity contribution is 0.0697. The number of nitrogen functional groups attached to an aromatic ring is 1. The molecule has 222 valence electrons. The Balaban J connectivity index is 1.96. The lowest BCUT2D eigenvalue weighted by atomic mass is 9.80. The zero-order valence-corrected chi connectivity index (χ0v) is 24.0. The number of hydrogen-bond acceptors (Lipinski definition) is 7. The number of amidine groups is 1. The number of methoxy groups -OCH3 is 1. The van der Waals surface area contributed by atoms with Gasteiger partial charge in [0.05, 0.1) is 19.3 Å². The highest BCUT2D eigenvalue weighted by molar-refractivity contribution is 6.10. The number of nitrogens with two attached hydrogens (primary N) is 1. The van der Waals surface area contributed by atoms with Crippen LogP contribution in [-0.2, 0) is 0 Å². The minimum absolute atomic E-state index is 0.0650. The second-order valence-electron chi connectivity index (χ2n) is 10.1. The van der Waals surface area contributed by atoms with Gasteiger partial charge in [0.2, 0.25) is 5.88 Å². The third kappa shape index (κ3) is 7.49. The molecule has 1 heterocycles. The minimum atomic E-state index is -1.29. The van der Waals surface area contributed by atoms with Gasteiger partial charge in [-0.25, -0.2) is 9.78 Å². The summed E-state index contributed by atoms with van der Waals surface area (Å²) in [6.45, 7) is 4.23. The molecule has 0 fully saturated rings. The number of aliphatic hydroxyl groups excluding tert-OH is 1. The maximum atomic E-state index is 13.3. The Morgan fingerprint density at radius 3 is 2.12 bits per heavy atom. The second-order valence-corrected chi connectivity index (χ2v) is 10.1. The molecule has 2 amide bonds. The first-order valence-electron chi connectivity index (χ1n) is 13.7. The number of carbonyl (C=O) groups is 3. The molecular formula is C31H37N5O6. The molecule has 42 heavy (non-hydrogen) atoms. The maximum absolute atomic E-state index is 13.3. The average Bonchev–Trinajstić information content (AvgIpc) is 2.99. The van der Waals surface area contributed by atoms with E-state index < -0.39 is 23.2 Å². The number of amides is 2. The van der Waals surface area contributed by atoms with Crippen molar-refractivity contribution in [3.05, 3.63) is 77.0 Å². The number of nitrogens with zero attached hydrogens (tertiary/aromatic N) is 1. The lowest BCUT2D eigenvalue weighted by Crippen LogP contribution is -2.40. The lowest BCUT2D eigenvalue weighted by Gasteiger charge is -2.31. The molecule has 0 spiro atoms. The van der Waals surface area contributed by atoms with E-state index in [-0.39, 0.29) is 52.8 Å². The molecule has 3 aromatic rings. The van der Waals surface area contributed by atoms with Gasteiger partial charge in [0, 0.05) is 40.4 Å². The molecule has 0 radical (unpaired) electrons. The number of carboxylic acids is 1. The summed E-state index contributed by atoms with van der Waals surface area (Å²) >= 11 is 0. The van der Waals surface area contributed by atoms with E-state index in [2.05, 4.69) is 15.6 Å². The third-order valence-corrected chi connectivity index (χ3v) is 7.07. The first-order valence-corrected chi connectivity index (χ1v) is 13.7. The van der Waals surface area contributed by atoms with Crippen molar-refractivity contribution in [2.45, 2.75) is 39.5 Å². The second kappa shape index (κ2) is 14.2. The summed E-state index contributed by atoms with van der Waals surface area (Å²) in [5.41, 5.74) is 6.22. The van der Waals surface area contributed by atoms with Crippen LogP contribution in [0, 0.1) is 10.8 Å². The standard InChI is InChI=1S/C31H37N5O6/c1-4-14-31(18-37,15-5-2)17-34-28(38)20-8-11-22(24(16-20)30(40)41)23-12-13-25(42-3)36-26(23)29(39)35-21-9-6-19(7-10-21)27(32)33/h6-13,16,37H,4-5,14-15,17-18H2,1-3H3,(H3,32,33)(H,34,38)(H,35,39)(H,40,41). The number of anilines is 1. The summed E-state index contributed by atoms with van der Waals surface area (Å²) < 4.78 is 5.20. The highest BCUT2D eigenvalue weighted by Gasteiger charge is 2.29. The van der Waals surface area contributed by atoms with Crippen LogP contribution in [0.15, 0.2) is 54.6 Å². The number of ether oxygens (including phenoxy) is 1. The van der Waals surface area contributed by atoms with Gasteiger partial charge in [0.15, 0.2) is 0 Å². The van der Waals surface area contributed by atoms with Crippen molar-refractivity contribution in [1.29, 1.82) is 5.41 Å². The normalized spacial score (nSPS) is 11.0. The largest absolute Gasteiger partial charge is 0.481 e. The molecule has 11 nitrogen and oxygen atoms in total. The molecule has 0 bridgehead atoms. The summed E-state index contributed by atoms with van der Waals surface area (Å²) in [6.07, 6.45) is 3.19. The molecule has 0 atom stereocenters.